The average molecular weight is 324 g/mol. The molecule has 0 fully saturated rings. The van der Waals surface area contributed by atoms with Gasteiger partial charge in [-0.05, 0) is 49.1 Å². The molecule has 0 radical (unpaired) electrons. The van der Waals surface area contributed by atoms with Crippen molar-refractivity contribution in [3.8, 4) is 5.75 Å². The van der Waals surface area contributed by atoms with Gasteiger partial charge in [-0.3, -0.25) is 4.79 Å². The van der Waals surface area contributed by atoms with E-state index in [-0.39, 0.29) is 5.91 Å². The molecule has 4 heteroatoms. The van der Waals surface area contributed by atoms with Gasteiger partial charge in [-0.25, -0.2) is 5.43 Å². The molecule has 0 spiro atoms. The maximum Gasteiger partial charge on any atom is 0.271 e. The zero-order valence-electron chi connectivity index (χ0n) is 14.5. The Balaban J connectivity index is 2.11. The highest BCUT2D eigenvalue weighted by Gasteiger charge is 2.09. The standard InChI is InChI=1S/C20H24N2O2/c1-4-24-18-12-10-17(11-13-18)20(23)22-21-19(14-15(2)3)16-8-6-5-7-9-16/h5-13,15H,4,14H2,1-3H3,(H,22,23)/b21-19-. The van der Waals surface area contributed by atoms with Gasteiger partial charge in [0.1, 0.15) is 5.75 Å². The van der Waals surface area contributed by atoms with Gasteiger partial charge in [-0.1, -0.05) is 44.2 Å². The van der Waals surface area contributed by atoms with Gasteiger partial charge in [0.2, 0.25) is 0 Å². The Morgan fingerprint density at radius 2 is 1.71 bits per heavy atom. The van der Waals surface area contributed by atoms with Crippen LogP contribution >= 0.6 is 0 Å². The summed E-state index contributed by atoms with van der Waals surface area (Å²) in [5.74, 6) is 0.976. The SMILES string of the molecule is CCOc1ccc(C(=O)N/N=C(/CC(C)C)c2ccccc2)cc1. The summed E-state index contributed by atoms with van der Waals surface area (Å²) < 4.78 is 5.38. The van der Waals surface area contributed by atoms with Gasteiger partial charge in [0.25, 0.3) is 5.91 Å². The van der Waals surface area contributed by atoms with Crippen molar-refractivity contribution in [2.24, 2.45) is 11.0 Å². The molecule has 0 atom stereocenters. The summed E-state index contributed by atoms with van der Waals surface area (Å²) in [5.41, 5.74) is 5.12. The molecular formula is C20H24N2O2. The third-order valence-corrected chi connectivity index (χ3v) is 3.43. The summed E-state index contributed by atoms with van der Waals surface area (Å²) in [4.78, 5) is 12.3. The Morgan fingerprint density at radius 1 is 1.04 bits per heavy atom. The van der Waals surface area contributed by atoms with E-state index in [1.807, 2.05) is 37.3 Å². The topological polar surface area (TPSA) is 50.7 Å². The normalized spacial score (nSPS) is 11.4. The molecule has 0 aromatic heterocycles. The molecule has 0 aliphatic carbocycles. The summed E-state index contributed by atoms with van der Waals surface area (Å²) in [6.07, 6.45) is 0.799. The lowest BCUT2D eigenvalue weighted by molar-refractivity contribution is 0.0954. The second-order valence-electron chi connectivity index (χ2n) is 5.92. The average Bonchev–Trinajstić information content (AvgIpc) is 2.60. The van der Waals surface area contributed by atoms with Crippen LogP contribution < -0.4 is 10.2 Å². The Bertz CT molecular complexity index is 677. The highest BCUT2D eigenvalue weighted by Crippen LogP contribution is 2.13. The fraction of sp³-hybridized carbons (Fsp3) is 0.300. The molecule has 1 amide bonds. The van der Waals surface area contributed by atoms with Crippen molar-refractivity contribution in [1.82, 2.24) is 5.43 Å². The highest BCUT2D eigenvalue weighted by molar-refractivity contribution is 6.02. The lowest BCUT2D eigenvalue weighted by atomic mass is 10.0. The zero-order chi connectivity index (χ0) is 17.4. The van der Waals surface area contributed by atoms with Crippen LogP contribution in [0.25, 0.3) is 0 Å². The first-order valence-electron chi connectivity index (χ1n) is 8.25. The molecule has 0 saturated carbocycles. The predicted octanol–water partition coefficient (Wildman–Crippen LogP) is 4.27. The minimum absolute atomic E-state index is 0.227. The van der Waals surface area contributed by atoms with Crippen LogP contribution in [-0.4, -0.2) is 18.2 Å². The van der Waals surface area contributed by atoms with Gasteiger partial charge in [-0.15, -0.1) is 0 Å². The van der Waals surface area contributed by atoms with Gasteiger partial charge in [0.15, 0.2) is 0 Å². The first-order valence-corrected chi connectivity index (χ1v) is 8.25. The van der Waals surface area contributed by atoms with Crippen LogP contribution in [0.4, 0.5) is 0 Å². The Labute approximate surface area is 143 Å². The van der Waals surface area contributed by atoms with Crippen molar-refractivity contribution in [1.29, 1.82) is 0 Å². The van der Waals surface area contributed by atoms with Crippen molar-refractivity contribution in [2.45, 2.75) is 27.2 Å². The van der Waals surface area contributed by atoms with Gasteiger partial charge < -0.3 is 4.74 Å². The van der Waals surface area contributed by atoms with E-state index in [4.69, 9.17) is 4.74 Å². The fourth-order valence-electron chi connectivity index (χ4n) is 2.30. The van der Waals surface area contributed by atoms with Crippen LogP contribution in [0.1, 0.15) is 43.1 Å². The Kier molecular flexibility index (Phi) is 6.55. The third kappa shape index (κ3) is 5.23. The molecule has 0 bridgehead atoms. The van der Waals surface area contributed by atoms with Crippen molar-refractivity contribution in [3.05, 3.63) is 65.7 Å². The van der Waals surface area contributed by atoms with E-state index in [9.17, 15) is 4.79 Å². The number of hydrogen-bond acceptors (Lipinski definition) is 3. The van der Waals surface area contributed by atoms with E-state index in [1.165, 1.54) is 0 Å². The van der Waals surface area contributed by atoms with Crippen molar-refractivity contribution < 1.29 is 9.53 Å². The van der Waals surface area contributed by atoms with E-state index in [0.29, 0.717) is 18.1 Å². The molecule has 4 nitrogen and oxygen atoms in total. The maximum absolute atomic E-state index is 12.3. The molecular weight excluding hydrogens is 300 g/mol. The summed E-state index contributed by atoms with van der Waals surface area (Å²) in [7, 11) is 0. The number of nitrogens with one attached hydrogen (secondary N) is 1. The lowest BCUT2D eigenvalue weighted by Gasteiger charge is -2.10. The van der Waals surface area contributed by atoms with Crippen LogP contribution in [0.3, 0.4) is 0 Å². The van der Waals surface area contributed by atoms with Gasteiger partial charge >= 0.3 is 0 Å². The Hall–Kier alpha value is -2.62. The molecule has 0 aliphatic rings. The Morgan fingerprint density at radius 3 is 2.29 bits per heavy atom. The quantitative estimate of drug-likeness (QED) is 0.611. The number of hydrazone groups is 1. The molecule has 24 heavy (non-hydrogen) atoms. The molecule has 126 valence electrons. The lowest BCUT2D eigenvalue weighted by Crippen LogP contribution is -2.20. The first-order chi connectivity index (χ1) is 11.6. The van der Waals surface area contributed by atoms with Crippen molar-refractivity contribution in [2.75, 3.05) is 6.61 Å². The summed E-state index contributed by atoms with van der Waals surface area (Å²) in [6.45, 7) is 6.79. The second kappa shape index (κ2) is 8.87. The summed E-state index contributed by atoms with van der Waals surface area (Å²) in [5, 5.41) is 4.36. The van der Waals surface area contributed by atoms with Crippen LogP contribution in [0.2, 0.25) is 0 Å². The molecule has 2 aromatic carbocycles. The minimum atomic E-state index is -0.227. The van der Waals surface area contributed by atoms with E-state index in [1.54, 1.807) is 24.3 Å². The third-order valence-electron chi connectivity index (χ3n) is 3.43. The number of carbonyl (C=O) groups is 1. The molecule has 0 heterocycles. The van der Waals surface area contributed by atoms with Crippen LogP contribution in [-0.2, 0) is 0 Å². The first kappa shape index (κ1) is 17.7. The van der Waals surface area contributed by atoms with E-state index >= 15 is 0 Å². The van der Waals surface area contributed by atoms with Crippen molar-refractivity contribution in [3.63, 3.8) is 0 Å². The largest absolute Gasteiger partial charge is 0.494 e. The number of amides is 1. The molecule has 2 rings (SSSR count). The van der Waals surface area contributed by atoms with Crippen LogP contribution in [0.15, 0.2) is 59.7 Å². The summed E-state index contributed by atoms with van der Waals surface area (Å²) >= 11 is 0. The van der Waals surface area contributed by atoms with E-state index in [0.717, 1.165) is 23.4 Å². The molecule has 0 unspecified atom stereocenters. The smallest absolute Gasteiger partial charge is 0.271 e. The highest BCUT2D eigenvalue weighted by atomic mass is 16.5. The minimum Gasteiger partial charge on any atom is -0.494 e. The van der Waals surface area contributed by atoms with Crippen molar-refractivity contribution >= 4 is 11.6 Å². The van der Waals surface area contributed by atoms with E-state index < -0.39 is 0 Å². The fourth-order valence-corrected chi connectivity index (χ4v) is 2.30. The van der Waals surface area contributed by atoms with Gasteiger partial charge in [0.05, 0.1) is 12.3 Å². The predicted molar refractivity (Wildman–Crippen MR) is 97.5 cm³/mol. The number of carbonyl (C=O) groups excluding carboxylic acids is 1. The number of nitrogens with zero attached hydrogens (tertiary/aromatic N) is 1. The second-order valence-corrected chi connectivity index (χ2v) is 5.92. The number of benzene rings is 2. The zero-order valence-corrected chi connectivity index (χ0v) is 14.5. The van der Waals surface area contributed by atoms with Gasteiger partial charge in [0, 0.05) is 5.56 Å². The molecule has 2 aromatic rings. The number of ether oxygens (including phenoxy) is 1. The maximum atomic E-state index is 12.3. The molecule has 0 aliphatic heterocycles. The summed E-state index contributed by atoms with van der Waals surface area (Å²) in [6, 6.07) is 17.0. The van der Waals surface area contributed by atoms with Gasteiger partial charge in [-0.2, -0.15) is 5.10 Å². The molecule has 0 saturated heterocycles. The number of rotatable bonds is 7. The van der Waals surface area contributed by atoms with Crippen LogP contribution in [0, 0.1) is 5.92 Å². The monoisotopic (exact) mass is 324 g/mol. The van der Waals surface area contributed by atoms with E-state index in [2.05, 4.69) is 24.4 Å². The van der Waals surface area contributed by atoms with Crippen LogP contribution in [0.5, 0.6) is 5.75 Å². The number of hydrogen-bond donors (Lipinski definition) is 1. The molecule has 1 N–H and O–H groups in total.